The van der Waals surface area contributed by atoms with Gasteiger partial charge in [0.15, 0.2) is 0 Å². The summed E-state index contributed by atoms with van der Waals surface area (Å²) in [6.07, 6.45) is 1.61. The summed E-state index contributed by atoms with van der Waals surface area (Å²) in [4.78, 5) is 31.7. The number of aromatic nitrogens is 1. The highest BCUT2D eigenvalue weighted by Crippen LogP contribution is 2.27. The first-order valence-corrected chi connectivity index (χ1v) is 9.71. The van der Waals surface area contributed by atoms with Crippen LogP contribution in [-0.2, 0) is 9.59 Å². The van der Waals surface area contributed by atoms with Crippen molar-refractivity contribution in [1.82, 2.24) is 9.88 Å². The molecule has 1 aromatic heterocycles. The van der Waals surface area contributed by atoms with E-state index in [1.54, 1.807) is 6.07 Å². The largest absolute Gasteiger partial charge is 0.341 e. The molecule has 1 aliphatic rings. The first kappa shape index (κ1) is 19.6. The van der Waals surface area contributed by atoms with Gasteiger partial charge in [-0.25, -0.2) is 4.98 Å². The molecule has 0 spiro atoms. The van der Waals surface area contributed by atoms with Crippen LogP contribution in [0.2, 0.25) is 5.02 Å². The molecule has 144 valence electrons. The van der Waals surface area contributed by atoms with Crippen molar-refractivity contribution < 1.29 is 9.59 Å². The van der Waals surface area contributed by atoms with Gasteiger partial charge < -0.3 is 10.2 Å². The molecule has 6 heteroatoms. The van der Waals surface area contributed by atoms with E-state index < -0.39 is 5.41 Å². The number of fused-ring (bicyclic) bond motifs is 1. The minimum absolute atomic E-state index is 0.0899. The number of nitrogens with one attached hydrogen (secondary N) is 1. The Labute approximate surface area is 165 Å². The molecule has 1 aliphatic heterocycles. The summed E-state index contributed by atoms with van der Waals surface area (Å²) in [6.45, 7) is 8.86. The second-order valence-electron chi connectivity index (χ2n) is 8.29. The highest BCUT2D eigenvalue weighted by atomic mass is 35.5. The van der Waals surface area contributed by atoms with Crippen molar-refractivity contribution in [3.05, 3.63) is 34.9 Å². The highest BCUT2D eigenvalue weighted by Gasteiger charge is 2.33. The Bertz CT molecular complexity index is 889. The zero-order chi connectivity index (χ0) is 19.8. The average Bonchev–Trinajstić information content (AvgIpc) is 2.63. The van der Waals surface area contributed by atoms with Gasteiger partial charge in [-0.1, -0.05) is 38.4 Å². The monoisotopic (exact) mass is 387 g/mol. The predicted molar refractivity (Wildman–Crippen MR) is 109 cm³/mol. The molecule has 0 saturated carbocycles. The van der Waals surface area contributed by atoms with E-state index in [4.69, 9.17) is 11.6 Å². The Hall–Kier alpha value is -2.14. The normalized spacial score (nSPS) is 17.8. The summed E-state index contributed by atoms with van der Waals surface area (Å²) in [6, 6.07) is 7.42. The summed E-state index contributed by atoms with van der Waals surface area (Å²) in [5.74, 6) is 0.294. The van der Waals surface area contributed by atoms with Gasteiger partial charge in [0.2, 0.25) is 11.8 Å². The van der Waals surface area contributed by atoms with Crippen LogP contribution >= 0.6 is 11.6 Å². The number of halogens is 1. The lowest BCUT2D eigenvalue weighted by molar-refractivity contribution is -0.142. The Morgan fingerprint density at radius 1 is 1.22 bits per heavy atom. The lowest BCUT2D eigenvalue weighted by Gasteiger charge is -2.35. The Balaban J connectivity index is 1.74. The van der Waals surface area contributed by atoms with Gasteiger partial charge in [-0.05, 0) is 43.5 Å². The molecule has 1 saturated heterocycles. The zero-order valence-electron chi connectivity index (χ0n) is 16.3. The van der Waals surface area contributed by atoms with Crippen LogP contribution < -0.4 is 5.32 Å². The van der Waals surface area contributed by atoms with Crippen molar-refractivity contribution >= 4 is 40.1 Å². The van der Waals surface area contributed by atoms with Crippen molar-refractivity contribution in [3.8, 4) is 0 Å². The molecular formula is C21H26ClN3O2. The minimum atomic E-state index is -0.435. The predicted octanol–water partition coefficient (Wildman–Crippen LogP) is 4.42. The number of hydrogen-bond acceptors (Lipinski definition) is 3. The molecule has 1 N–H and O–H groups in total. The molecule has 2 aromatic rings. The second-order valence-corrected chi connectivity index (χ2v) is 8.69. The van der Waals surface area contributed by atoms with Gasteiger partial charge in [0.25, 0.3) is 0 Å². The maximum absolute atomic E-state index is 12.8. The maximum Gasteiger partial charge on any atom is 0.230 e. The first-order chi connectivity index (χ1) is 12.7. The maximum atomic E-state index is 12.8. The number of likely N-dealkylation sites (tertiary alicyclic amines) is 1. The highest BCUT2D eigenvalue weighted by molar-refractivity contribution is 6.35. The minimum Gasteiger partial charge on any atom is -0.341 e. The first-order valence-electron chi connectivity index (χ1n) is 9.33. The molecule has 3 rings (SSSR count). The van der Waals surface area contributed by atoms with E-state index in [-0.39, 0.29) is 17.7 Å². The molecule has 1 aromatic carbocycles. The number of nitrogens with zero attached hydrogens (tertiary/aromatic N) is 2. The molecule has 2 amide bonds. The van der Waals surface area contributed by atoms with E-state index in [9.17, 15) is 9.59 Å². The van der Waals surface area contributed by atoms with E-state index in [1.807, 2.05) is 50.8 Å². The molecule has 1 fully saturated rings. The van der Waals surface area contributed by atoms with Crippen LogP contribution in [0.25, 0.3) is 10.9 Å². The van der Waals surface area contributed by atoms with Gasteiger partial charge in [0.1, 0.15) is 5.82 Å². The molecule has 5 nitrogen and oxygen atoms in total. The number of anilines is 1. The summed E-state index contributed by atoms with van der Waals surface area (Å²) in [5.41, 5.74) is 1.35. The number of pyridine rings is 1. The summed E-state index contributed by atoms with van der Waals surface area (Å²) < 4.78 is 0. The van der Waals surface area contributed by atoms with Crippen LogP contribution in [-0.4, -0.2) is 34.8 Å². The lowest BCUT2D eigenvalue weighted by Crippen LogP contribution is -2.47. The van der Waals surface area contributed by atoms with Crippen LogP contribution in [0.15, 0.2) is 24.3 Å². The van der Waals surface area contributed by atoms with Crippen molar-refractivity contribution in [2.75, 3.05) is 18.4 Å². The number of aryl methyl sites for hydroxylation is 1. The Morgan fingerprint density at radius 2 is 1.96 bits per heavy atom. The number of amides is 2. The fraction of sp³-hybridized carbons (Fsp3) is 0.476. The number of rotatable bonds is 2. The van der Waals surface area contributed by atoms with Crippen molar-refractivity contribution in [2.24, 2.45) is 11.3 Å². The van der Waals surface area contributed by atoms with Crippen LogP contribution in [0, 0.1) is 18.3 Å². The third-order valence-corrected chi connectivity index (χ3v) is 5.31. The van der Waals surface area contributed by atoms with Gasteiger partial charge in [0, 0.05) is 28.9 Å². The van der Waals surface area contributed by atoms with Crippen LogP contribution in [0.4, 0.5) is 5.82 Å². The molecule has 0 bridgehead atoms. The summed E-state index contributed by atoms with van der Waals surface area (Å²) in [5, 5.41) is 4.43. The van der Waals surface area contributed by atoms with Crippen molar-refractivity contribution in [1.29, 1.82) is 0 Å². The molecule has 1 atom stereocenters. The number of carbonyl (C=O) groups is 2. The zero-order valence-corrected chi connectivity index (χ0v) is 17.1. The fourth-order valence-electron chi connectivity index (χ4n) is 3.47. The van der Waals surface area contributed by atoms with E-state index in [1.165, 1.54) is 0 Å². The molecular weight excluding hydrogens is 362 g/mol. The summed E-state index contributed by atoms with van der Waals surface area (Å²) >= 11 is 6.23. The molecule has 0 aliphatic carbocycles. The number of carbonyl (C=O) groups excluding carboxylic acids is 2. The van der Waals surface area contributed by atoms with Gasteiger partial charge in [-0.3, -0.25) is 9.59 Å². The SMILES string of the molecule is Cc1ccc(Cl)c2ccc(NC(=O)[C@@H]3CCCN(C(=O)C(C)(C)C)C3)nc12. The van der Waals surface area contributed by atoms with Crippen molar-refractivity contribution in [3.63, 3.8) is 0 Å². The topological polar surface area (TPSA) is 62.3 Å². The molecule has 27 heavy (non-hydrogen) atoms. The molecule has 2 heterocycles. The number of piperidine rings is 1. The Kier molecular flexibility index (Phi) is 5.43. The van der Waals surface area contributed by atoms with Gasteiger partial charge in [-0.15, -0.1) is 0 Å². The third kappa shape index (κ3) is 4.24. The van der Waals surface area contributed by atoms with Gasteiger partial charge >= 0.3 is 0 Å². The third-order valence-electron chi connectivity index (χ3n) is 4.98. The number of benzene rings is 1. The van der Waals surface area contributed by atoms with Crippen LogP contribution in [0.5, 0.6) is 0 Å². The van der Waals surface area contributed by atoms with E-state index in [0.717, 1.165) is 29.3 Å². The lowest BCUT2D eigenvalue weighted by atomic mass is 9.91. The standard InChI is InChI=1S/C21H26ClN3O2/c1-13-7-9-16(22)15-8-10-17(23-18(13)15)24-19(26)14-6-5-11-25(12-14)20(27)21(2,3)4/h7-10,14H,5-6,11-12H2,1-4H3,(H,23,24,26)/t14-/m1/s1. The van der Waals surface area contributed by atoms with Crippen LogP contribution in [0.1, 0.15) is 39.2 Å². The average molecular weight is 388 g/mol. The molecule has 0 unspecified atom stereocenters. The summed E-state index contributed by atoms with van der Waals surface area (Å²) in [7, 11) is 0. The molecule has 0 radical (unpaired) electrons. The van der Waals surface area contributed by atoms with Crippen LogP contribution in [0.3, 0.4) is 0 Å². The Morgan fingerprint density at radius 3 is 2.67 bits per heavy atom. The quantitative estimate of drug-likeness (QED) is 0.829. The number of hydrogen-bond donors (Lipinski definition) is 1. The van der Waals surface area contributed by atoms with Gasteiger partial charge in [-0.2, -0.15) is 0 Å². The fourth-order valence-corrected chi connectivity index (χ4v) is 3.68. The second kappa shape index (κ2) is 7.47. The van der Waals surface area contributed by atoms with E-state index in [2.05, 4.69) is 10.3 Å². The van der Waals surface area contributed by atoms with E-state index in [0.29, 0.717) is 23.9 Å². The van der Waals surface area contributed by atoms with Gasteiger partial charge in [0.05, 0.1) is 11.4 Å². The van der Waals surface area contributed by atoms with Crippen molar-refractivity contribution in [2.45, 2.75) is 40.5 Å². The van der Waals surface area contributed by atoms with E-state index >= 15 is 0 Å². The smallest absolute Gasteiger partial charge is 0.230 e.